The Morgan fingerprint density at radius 2 is 2.12 bits per heavy atom. The molecule has 1 aromatic heterocycles. The van der Waals surface area contributed by atoms with Gasteiger partial charge < -0.3 is 15.5 Å². The fraction of sp³-hybridized carbons (Fsp3) is 0.526. The first kappa shape index (κ1) is 16.0. The minimum absolute atomic E-state index is 0.0765. The molecule has 0 aliphatic carbocycles. The highest BCUT2D eigenvalue weighted by atomic mass is 32.2. The number of nitrogens with one attached hydrogen (secondary N) is 2. The fourth-order valence-electron chi connectivity index (χ4n) is 4.44. The van der Waals surface area contributed by atoms with Crippen molar-refractivity contribution in [3.05, 3.63) is 29.1 Å². The topological polar surface area (TPSA) is 44.4 Å². The molecule has 2 bridgehead atoms. The molecule has 3 aliphatic heterocycles. The highest BCUT2D eigenvalue weighted by molar-refractivity contribution is 7.99. The quantitative estimate of drug-likeness (QED) is 0.868. The smallest absolute Gasteiger partial charge is 0.251 e. The lowest BCUT2D eigenvalue weighted by Gasteiger charge is -2.28. The molecular weight excluding hydrogens is 350 g/mol. The van der Waals surface area contributed by atoms with Gasteiger partial charge in [-0.05, 0) is 37.5 Å². The largest absolute Gasteiger partial charge is 0.369 e. The van der Waals surface area contributed by atoms with Crippen molar-refractivity contribution >= 4 is 44.8 Å². The number of amides is 1. The molecular formula is C19H23N3OS2. The highest BCUT2D eigenvalue weighted by Crippen LogP contribution is 2.35. The molecule has 3 aliphatic rings. The van der Waals surface area contributed by atoms with Gasteiger partial charge in [-0.15, -0.1) is 11.3 Å². The number of hydrogen-bond acceptors (Lipinski definition) is 5. The predicted octanol–water partition coefficient (Wildman–Crippen LogP) is 3.08. The van der Waals surface area contributed by atoms with Crippen LogP contribution in [0.15, 0.2) is 23.6 Å². The standard InChI is InChI=1S/C19H23N3OS2/c23-19(21-16-10-13-2-3-15(16)20-13)12-1-4-18-14(9-12)17(11-25-18)22-5-7-24-8-6-22/h1,4,9,11,13,15-16,20H,2-3,5-8,10H2,(H,21,23)/t13-,15+,16-/m1/s1. The fourth-order valence-corrected chi connectivity index (χ4v) is 6.30. The number of thioether (sulfide) groups is 1. The zero-order chi connectivity index (χ0) is 16.8. The van der Waals surface area contributed by atoms with E-state index in [2.05, 4.69) is 33.0 Å². The first-order valence-electron chi connectivity index (χ1n) is 9.19. The van der Waals surface area contributed by atoms with E-state index in [1.54, 1.807) is 11.3 Å². The summed E-state index contributed by atoms with van der Waals surface area (Å²) in [4.78, 5) is 15.2. The van der Waals surface area contributed by atoms with E-state index in [-0.39, 0.29) is 5.91 Å². The number of nitrogens with zero attached hydrogens (tertiary/aromatic N) is 1. The van der Waals surface area contributed by atoms with Crippen molar-refractivity contribution < 1.29 is 4.79 Å². The molecule has 0 unspecified atom stereocenters. The van der Waals surface area contributed by atoms with E-state index in [0.29, 0.717) is 18.1 Å². The van der Waals surface area contributed by atoms with Crippen molar-refractivity contribution in [1.29, 1.82) is 0 Å². The average molecular weight is 374 g/mol. The molecule has 132 valence electrons. The molecule has 3 saturated heterocycles. The Balaban J connectivity index is 1.38. The van der Waals surface area contributed by atoms with Crippen molar-refractivity contribution in [2.24, 2.45) is 0 Å². The van der Waals surface area contributed by atoms with Crippen LogP contribution in [0.5, 0.6) is 0 Å². The number of thiophene rings is 1. The van der Waals surface area contributed by atoms with Crippen LogP contribution in [0, 0.1) is 0 Å². The molecule has 0 saturated carbocycles. The minimum atomic E-state index is 0.0765. The Labute approximate surface area is 156 Å². The molecule has 3 atom stereocenters. The lowest BCUT2D eigenvalue weighted by atomic mass is 9.95. The van der Waals surface area contributed by atoms with Crippen LogP contribution in [0.1, 0.15) is 29.6 Å². The molecule has 2 aromatic rings. The summed E-state index contributed by atoms with van der Waals surface area (Å²) >= 11 is 3.81. The maximum absolute atomic E-state index is 12.8. The number of anilines is 1. The third-order valence-corrected chi connectivity index (χ3v) is 7.68. The van der Waals surface area contributed by atoms with E-state index in [1.807, 2.05) is 17.8 Å². The van der Waals surface area contributed by atoms with E-state index in [4.69, 9.17) is 0 Å². The monoisotopic (exact) mass is 373 g/mol. The molecule has 0 radical (unpaired) electrons. The number of hydrogen-bond donors (Lipinski definition) is 2. The van der Waals surface area contributed by atoms with Gasteiger partial charge in [-0.25, -0.2) is 0 Å². The van der Waals surface area contributed by atoms with Crippen molar-refractivity contribution in [2.45, 2.75) is 37.4 Å². The molecule has 25 heavy (non-hydrogen) atoms. The van der Waals surface area contributed by atoms with Crippen molar-refractivity contribution in [2.75, 3.05) is 29.5 Å². The van der Waals surface area contributed by atoms with Gasteiger partial charge in [0, 0.05) is 63.8 Å². The molecule has 1 amide bonds. The SMILES string of the molecule is O=C(N[C@@H]1C[C@H]2CC[C@@H]1N2)c1ccc2scc(N3CCSCC3)c2c1. The summed E-state index contributed by atoms with van der Waals surface area (Å²) in [7, 11) is 0. The van der Waals surface area contributed by atoms with Crippen LogP contribution >= 0.6 is 23.1 Å². The van der Waals surface area contributed by atoms with Crippen LogP contribution in [0.2, 0.25) is 0 Å². The predicted molar refractivity (Wildman–Crippen MR) is 107 cm³/mol. The maximum atomic E-state index is 12.8. The molecule has 1 aromatic carbocycles. The van der Waals surface area contributed by atoms with Crippen LogP contribution in [0.4, 0.5) is 5.69 Å². The number of benzene rings is 1. The molecule has 4 nitrogen and oxygen atoms in total. The summed E-state index contributed by atoms with van der Waals surface area (Å²) in [5.74, 6) is 2.45. The normalized spacial score (nSPS) is 28.6. The Morgan fingerprint density at radius 3 is 2.88 bits per heavy atom. The number of carbonyl (C=O) groups excluding carboxylic acids is 1. The number of rotatable bonds is 3. The Hall–Kier alpha value is -1.24. The number of carbonyl (C=O) groups is 1. The zero-order valence-corrected chi connectivity index (χ0v) is 15.8. The van der Waals surface area contributed by atoms with Crippen LogP contribution in [-0.4, -0.2) is 48.6 Å². The van der Waals surface area contributed by atoms with E-state index in [0.717, 1.165) is 25.1 Å². The molecule has 4 heterocycles. The van der Waals surface area contributed by atoms with Crippen LogP contribution in [0.25, 0.3) is 10.1 Å². The third kappa shape index (κ3) is 2.94. The summed E-state index contributed by atoms with van der Waals surface area (Å²) < 4.78 is 1.27. The summed E-state index contributed by atoms with van der Waals surface area (Å²) in [5.41, 5.74) is 2.10. The first-order valence-corrected chi connectivity index (χ1v) is 11.2. The van der Waals surface area contributed by atoms with Gasteiger partial charge in [-0.1, -0.05) is 0 Å². The summed E-state index contributed by atoms with van der Waals surface area (Å²) in [6, 6.07) is 7.56. The van der Waals surface area contributed by atoms with Crippen LogP contribution in [0.3, 0.4) is 0 Å². The second-order valence-electron chi connectivity index (χ2n) is 7.29. The van der Waals surface area contributed by atoms with E-state index >= 15 is 0 Å². The zero-order valence-electron chi connectivity index (χ0n) is 14.2. The van der Waals surface area contributed by atoms with Crippen molar-refractivity contribution in [3.63, 3.8) is 0 Å². The van der Waals surface area contributed by atoms with Gasteiger partial charge in [-0.3, -0.25) is 4.79 Å². The lowest BCUT2D eigenvalue weighted by molar-refractivity contribution is 0.0931. The van der Waals surface area contributed by atoms with Gasteiger partial charge >= 0.3 is 0 Å². The summed E-state index contributed by atoms with van der Waals surface area (Å²) in [6.07, 6.45) is 3.53. The van der Waals surface area contributed by atoms with E-state index in [1.165, 1.54) is 40.1 Å². The van der Waals surface area contributed by atoms with Crippen molar-refractivity contribution in [3.8, 4) is 0 Å². The van der Waals surface area contributed by atoms with Gasteiger partial charge in [0.05, 0.1) is 5.69 Å². The molecule has 0 spiro atoms. The van der Waals surface area contributed by atoms with Crippen molar-refractivity contribution in [1.82, 2.24) is 10.6 Å². The second kappa shape index (κ2) is 6.49. The van der Waals surface area contributed by atoms with E-state index < -0.39 is 0 Å². The maximum Gasteiger partial charge on any atom is 0.251 e. The van der Waals surface area contributed by atoms with Gasteiger partial charge in [0.2, 0.25) is 0 Å². The van der Waals surface area contributed by atoms with Gasteiger partial charge in [0.1, 0.15) is 0 Å². The minimum Gasteiger partial charge on any atom is -0.369 e. The Kier molecular flexibility index (Phi) is 4.14. The lowest BCUT2D eigenvalue weighted by Crippen LogP contribution is -2.42. The molecule has 6 heteroatoms. The van der Waals surface area contributed by atoms with Gasteiger partial charge in [0.25, 0.3) is 5.91 Å². The highest BCUT2D eigenvalue weighted by Gasteiger charge is 2.39. The number of fused-ring (bicyclic) bond motifs is 3. The average Bonchev–Trinajstić information content (AvgIpc) is 3.37. The third-order valence-electron chi connectivity index (χ3n) is 5.78. The second-order valence-corrected chi connectivity index (χ2v) is 9.43. The Bertz CT molecular complexity index is 799. The van der Waals surface area contributed by atoms with Crippen LogP contribution in [-0.2, 0) is 0 Å². The van der Waals surface area contributed by atoms with Gasteiger partial charge in [0.15, 0.2) is 0 Å². The van der Waals surface area contributed by atoms with E-state index in [9.17, 15) is 4.79 Å². The van der Waals surface area contributed by atoms with Crippen LogP contribution < -0.4 is 15.5 Å². The van der Waals surface area contributed by atoms with Gasteiger partial charge in [-0.2, -0.15) is 11.8 Å². The summed E-state index contributed by atoms with van der Waals surface area (Å²) in [5, 5.41) is 10.3. The summed E-state index contributed by atoms with van der Waals surface area (Å²) in [6.45, 7) is 2.20. The Morgan fingerprint density at radius 1 is 1.24 bits per heavy atom. The molecule has 5 rings (SSSR count). The first-order chi connectivity index (χ1) is 12.3. The molecule has 2 N–H and O–H groups in total. The molecule has 3 fully saturated rings.